The maximum absolute atomic E-state index is 3.73. The number of rotatable bonds is 9. The molecule has 1 saturated heterocycles. The Hall–Kier alpha value is -0.0800. The summed E-state index contributed by atoms with van der Waals surface area (Å²) in [6, 6.07) is 0. The van der Waals surface area contributed by atoms with Crippen LogP contribution in [-0.2, 0) is 0 Å². The van der Waals surface area contributed by atoms with Crippen molar-refractivity contribution in [2.75, 3.05) is 26.2 Å². The largest absolute Gasteiger partial charge is 0.317 e. The average Bonchev–Trinajstić information content (AvgIpc) is 2.35. The van der Waals surface area contributed by atoms with E-state index in [2.05, 4.69) is 31.4 Å². The third kappa shape index (κ3) is 6.19. The highest BCUT2D eigenvalue weighted by Crippen LogP contribution is 2.33. The minimum atomic E-state index is 0.595. The van der Waals surface area contributed by atoms with Crippen molar-refractivity contribution < 1.29 is 0 Å². The summed E-state index contributed by atoms with van der Waals surface area (Å²) < 4.78 is 0. The van der Waals surface area contributed by atoms with E-state index in [1.165, 1.54) is 71.1 Å². The molecule has 1 heterocycles. The summed E-state index contributed by atoms with van der Waals surface area (Å²) in [5.41, 5.74) is 0.595. The Labute approximate surface area is 114 Å². The molecule has 2 N–H and O–H groups in total. The summed E-state index contributed by atoms with van der Waals surface area (Å²) in [6.45, 7) is 11.9. The molecule has 1 fully saturated rings. The molecular formula is C16H34N2. The number of unbranched alkanes of at least 4 members (excludes halogenated alkanes) is 1. The zero-order valence-corrected chi connectivity index (χ0v) is 12.9. The van der Waals surface area contributed by atoms with Crippen LogP contribution < -0.4 is 10.6 Å². The smallest absolute Gasteiger partial charge is 0.000876 e. The van der Waals surface area contributed by atoms with E-state index in [4.69, 9.17) is 0 Å². The van der Waals surface area contributed by atoms with Gasteiger partial charge in [-0.3, -0.25) is 0 Å². The predicted molar refractivity (Wildman–Crippen MR) is 81.0 cm³/mol. The molecule has 108 valence electrons. The second-order valence-electron chi connectivity index (χ2n) is 6.57. The molecule has 0 unspecified atom stereocenters. The Kier molecular flexibility index (Phi) is 7.92. The van der Waals surface area contributed by atoms with Gasteiger partial charge in [-0.25, -0.2) is 0 Å². The predicted octanol–water partition coefficient (Wildman–Crippen LogP) is 3.57. The molecule has 0 aliphatic carbocycles. The van der Waals surface area contributed by atoms with Gasteiger partial charge in [0.2, 0.25) is 0 Å². The lowest BCUT2D eigenvalue weighted by atomic mass is 9.75. The van der Waals surface area contributed by atoms with E-state index in [0.29, 0.717) is 5.41 Å². The van der Waals surface area contributed by atoms with Crippen molar-refractivity contribution in [3.63, 3.8) is 0 Å². The Morgan fingerprint density at radius 1 is 1.17 bits per heavy atom. The molecule has 1 aliphatic rings. The number of nitrogens with one attached hydrogen (secondary N) is 2. The molecule has 0 bridgehead atoms. The fourth-order valence-corrected chi connectivity index (χ4v) is 3.16. The van der Waals surface area contributed by atoms with Gasteiger partial charge in [-0.1, -0.05) is 40.0 Å². The van der Waals surface area contributed by atoms with Crippen molar-refractivity contribution in [3.05, 3.63) is 0 Å². The number of hydrogen-bond donors (Lipinski definition) is 2. The van der Waals surface area contributed by atoms with Crippen LogP contribution in [0.5, 0.6) is 0 Å². The molecule has 0 aromatic carbocycles. The molecule has 0 aromatic rings. The molecule has 0 spiro atoms. The van der Waals surface area contributed by atoms with E-state index in [1.54, 1.807) is 0 Å². The van der Waals surface area contributed by atoms with E-state index in [1.807, 2.05) is 0 Å². The topological polar surface area (TPSA) is 24.1 Å². The van der Waals surface area contributed by atoms with Gasteiger partial charge in [0.15, 0.2) is 0 Å². The molecule has 0 aromatic heterocycles. The molecule has 1 rings (SSSR count). The maximum Gasteiger partial charge on any atom is 0.000876 e. The zero-order valence-electron chi connectivity index (χ0n) is 12.9. The second kappa shape index (κ2) is 8.92. The molecule has 18 heavy (non-hydrogen) atoms. The van der Waals surface area contributed by atoms with Crippen LogP contribution in [0, 0.1) is 11.3 Å². The highest BCUT2D eigenvalue weighted by molar-refractivity contribution is 4.86. The van der Waals surface area contributed by atoms with Crippen LogP contribution >= 0.6 is 0 Å². The van der Waals surface area contributed by atoms with Crippen LogP contribution in [0.1, 0.15) is 65.7 Å². The summed E-state index contributed by atoms with van der Waals surface area (Å²) in [6.07, 6.45) is 9.56. The van der Waals surface area contributed by atoms with Gasteiger partial charge in [-0.05, 0) is 56.7 Å². The van der Waals surface area contributed by atoms with Crippen LogP contribution in [0.4, 0.5) is 0 Å². The lowest BCUT2D eigenvalue weighted by Crippen LogP contribution is -2.43. The normalized spacial score (nSPS) is 19.3. The van der Waals surface area contributed by atoms with Gasteiger partial charge in [0.1, 0.15) is 0 Å². The van der Waals surface area contributed by atoms with E-state index in [9.17, 15) is 0 Å². The van der Waals surface area contributed by atoms with Crippen molar-refractivity contribution in [2.24, 2.45) is 11.3 Å². The lowest BCUT2D eigenvalue weighted by molar-refractivity contribution is 0.176. The molecule has 0 amide bonds. The van der Waals surface area contributed by atoms with Crippen LogP contribution in [0.15, 0.2) is 0 Å². The lowest BCUT2D eigenvalue weighted by Gasteiger charge is -2.38. The summed E-state index contributed by atoms with van der Waals surface area (Å²) >= 11 is 0. The third-order valence-electron chi connectivity index (χ3n) is 4.33. The SMILES string of the molecule is CCCC1(CNCCCCC(C)C)CCNCC1. The second-order valence-corrected chi connectivity index (χ2v) is 6.57. The minimum Gasteiger partial charge on any atom is -0.317 e. The Balaban J connectivity index is 2.13. The number of hydrogen-bond acceptors (Lipinski definition) is 2. The Morgan fingerprint density at radius 2 is 1.89 bits per heavy atom. The third-order valence-corrected chi connectivity index (χ3v) is 4.33. The Bertz CT molecular complexity index is 190. The van der Waals surface area contributed by atoms with E-state index >= 15 is 0 Å². The van der Waals surface area contributed by atoms with Gasteiger partial charge < -0.3 is 10.6 Å². The fourth-order valence-electron chi connectivity index (χ4n) is 3.16. The van der Waals surface area contributed by atoms with Crippen molar-refractivity contribution >= 4 is 0 Å². The first kappa shape index (κ1) is 16.0. The first-order valence-electron chi connectivity index (χ1n) is 8.10. The van der Waals surface area contributed by atoms with Gasteiger partial charge in [0, 0.05) is 6.54 Å². The van der Waals surface area contributed by atoms with Crippen molar-refractivity contribution in [2.45, 2.75) is 65.7 Å². The van der Waals surface area contributed by atoms with Crippen LogP contribution in [-0.4, -0.2) is 26.2 Å². The molecule has 1 aliphatic heterocycles. The molecule has 2 nitrogen and oxygen atoms in total. The highest BCUT2D eigenvalue weighted by atomic mass is 14.9. The van der Waals surface area contributed by atoms with Gasteiger partial charge in [0.25, 0.3) is 0 Å². The van der Waals surface area contributed by atoms with Crippen LogP contribution in [0.3, 0.4) is 0 Å². The maximum atomic E-state index is 3.73. The molecule has 0 saturated carbocycles. The fraction of sp³-hybridized carbons (Fsp3) is 1.00. The first-order chi connectivity index (χ1) is 8.68. The molecule has 2 heteroatoms. The van der Waals surface area contributed by atoms with Gasteiger partial charge in [-0.2, -0.15) is 0 Å². The van der Waals surface area contributed by atoms with Crippen LogP contribution in [0.25, 0.3) is 0 Å². The van der Waals surface area contributed by atoms with Gasteiger partial charge in [-0.15, -0.1) is 0 Å². The molecule has 0 radical (unpaired) electrons. The number of piperidine rings is 1. The standard InChI is InChI=1S/C16H34N2/c1-4-8-16(9-12-17-13-10-16)14-18-11-6-5-7-15(2)3/h15,17-18H,4-14H2,1-3H3. The summed E-state index contributed by atoms with van der Waals surface area (Å²) in [5, 5.41) is 7.22. The first-order valence-corrected chi connectivity index (χ1v) is 8.10. The molecular weight excluding hydrogens is 220 g/mol. The van der Waals surface area contributed by atoms with Crippen molar-refractivity contribution in [3.8, 4) is 0 Å². The van der Waals surface area contributed by atoms with E-state index in [0.717, 1.165) is 5.92 Å². The van der Waals surface area contributed by atoms with Gasteiger partial charge >= 0.3 is 0 Å². The summed E-state index contributed by atoms with van der Waals surface area (Å²) in [4.78, 5) is 0. The highest BCUT2D eigenvalue weighted by Gasteiger charge is 2.30. The van der Waals surface area contributed by atoms with E-state index < -0.39 is 0 Å². The van der Waals surface area contributed by atoms with Crippen molar-refractivity contribution in [1.82, 2.24) is 10.6 Å². The van der Waals surface area contributed by atoms with E-state index in [-0.39, 0.29) is 0 Å². The monoisotopic (exact) mass is 254 g/mol. The van der Waals surface area contributed by atoms with Gasteiger partial charge in [0.05, 0.1) is 0 Å². The Morgan fingerprint density at radius 3 is 2.50 bits per heavy atom. The van der Waals surface area contributed by atoms with Crippen molar-refractivity contribution in [1.29, 1.82) is 0 Å². The quantitative estimate of drug-likeness (QED) is 0.615. The minimum absolute atomic E-state index is 0.595. The molecule has 0 atom stereocenters. The summed E-state index contributed by atoms with van der Waals surface area (Å²) in [5.74, 6) is 0.862. The zero-order chi connectivity index (χ0) is 13.3. The summed E-state index contributed by atoms with van der Waals surface area (Å²) in [7, 11) is 0. The van der Waals surface area contributed by atoms with Crippen LogP contribution in [0.2, 0.25) is 0 Å². The average molecular weight is 254 g/mol.